The molecule has 0 fully saturated rings. The smallest absolute Gasteiger partial charge is 0.149 e. The van der Waals surface area contributed by atoms with Crippen molar-refractivity contribution in [2.75, 3.05) is 0 Å². The molecule has 0 saturated heterocycles. The Morgan fingerprint density at radius 3 is 2.71 bits per heavy atom. The van der Waals surface area contributed by atoms with Crippen LogP contribution in [0.3, 0.4) is 0 Å². The van der Waals surface area contributed by atoms with Crippen molar-refractivity contribution in [2.45, 2.75) is 39.2 Å². The number of nitrogens with zero attached hydrogens (tertiary/aromatic N) is 1. The van der Waals surface area contributed by atoms with Crippen molar-refractivity contribution in [1.82, 2.24) is 4.98 Å². The van der Waals surface area contributed by atoms with E-state index in [0.717, 1.165) is 12.8 Å². The number of hydrogen-bond acceptors (Lipinski definition) is 3. The third-order valence-electron chi connectivity index (χ3n) is 2.70. The number of nitrogens with two attached hydrogens (primary N) is 1. The Balaban J connectivity index is 0.00000256. The van der Waals surface area contributed by atoms with E-state index in [1.165, 1.54) is 5.56 Å². The van der Waals surface area contributed by atoms with Crippen LogP contribution in [0.2, 0.25) is 0 Å². The van der Waals surface area contributed by atoms with Gasteiger partial charge in [0.2, 0.25) is 0 Å². The van der Waals surface area contributed by atoms with Crippen molar-refractivity contribution in [3.05, 3.63) is 30.1 Å². The Morgan fingerprint density at radius 2 is 2.18 bits per heavy atom. The van der Waals surface area contributed by atoms with Crippen LogP contribution in [0, 0.1) is 5.92 Å². The summed E-state index contributed by atoms with van der Waals surface area (Å²) in [6.07, 6.45) is 5.90. The summed E-state index contributed by atoms with van der Waals surface area (Å²) in [5, 5.41) is 0. The van der Waals surface area contributed by atoms with E-state index in [9.17, 15) is 4.79 Å². The molecule has 0 saturated carbocycles. The molecule has 1 rings (SSSR count). The van der Waals surface area contributed by atoms with Crippen molar-refractivity contribution in [3.63, 3.8) is 0 Å². The van der Waals surface area contributed by atoms with Gasteiger partial charge >= 0.3 is 0 Å². The molecule has 17 heavy (non-hydrogen) atoms. The van der Waals surface area contributed by atoms with Gasteiger partial charge in [-0.2, -0.15) is 0 Å². The van der Waals surface area contributed by atoms with Crippen LogP contribution in [0.15, 0.2) is 24.5 Å². The predicted molar refractivity (Wildman–Crippen MR) is 72.2 cm³/mol. The number of carbonyl (C=O) groups excluding carboxylic acids is 1. The standard InChI is InChI=1S/C13H20N2O.ClH/c1-10(2)13(14)12(16)7-3-5-11-6-4-8-15-9-11;/h4,6,8-10,13H,3,5,7,14H2,1-2H3;1H/t13-;/m1./s1. The minimum atomic E-state index is -0.311. The molecule has 0 aliphatic carbocycles. The summed E-state index contributed by atoms with van der Waals surface area (Å²) in [4.78, 5) is 15.7. The molecule has 0 aliphatic heterocycles. The summed E-state index contributed by atoms with van der Waals surface area (Å²) in [5.74, 6) is 0.393. The van der Waals surface area contributed by atoms with Crippen molar-refractivity contribution in [3.8, 4) is 0 Å². The van der Waals surface area contributed by atoms with Gasteiger partial charge in [0.25, 0.3) is 0 Å². The second kappa shape index (κ2) is 8.20. The van der Waals surface area contributed by atoms with E-state index in [1.54, 1.807) is 6.20 Å². The Bertz CT molecular complexity index is 327. The number of Topliss-reactive ketones (excluding diaryl/α,β-unsaturated/α-hetero) is 1. The van der Waals surface area contributed by atoms with Gasteiger partial charge in [0.05, 0.1) is 6.04 Å². The minimum absolute atomic E-state index is 0. The topological polar surface area (TPSA) is 56.0 Å². The maximum Gasteiger partial charge on any atom is 0.149 e. The summed E-state index contributed by atoms with van der Waals surface area (Å²) in [5.41, 5.74) is 6.95. The Labute approximate surface area is 109 Å². The van der Waals surface area contributed by atoms with E-state index < -0.39 is 0 Å². The first-order valence-electron chi connectivity index (χ1n) is 5.78. The highest BCUT2D eigenvalue weighted by molar-refractivity contribution is 5.85. The van der Waals surface area contributed by atoms with Crippen LogP contribution < -0.4 is 5.73 Å². The molecule has 1 aromatic heterocycles. The summed E-state index contributed by atoms with van der Waals surface area (Å²) in [7, 11) is 0. The first kappa shape index (κ1) is 16.1. The molecule has 3 nitrogen and oxygen atoms in total. The van der Waals surface area contributed by atoms with Crippen LogP contribution in [0.25, 0.3) is 0 Å². The third-order valence-corrected chi connectivity index (χ3v) is 2.70. The van der Waals surface area contributed by atoms with Gasteiger partial charge in [-0.3, -0.25) is 9.78 Å². The van der Waals surface area contributed by atoms with Crippen molar-refractivity contribution < 1.29 is 4.79 Å². The molecule has 0 aromatic carbocycles. The minimum Gasteiger partial charge on any atom is -0.321 e. The fourth-order valence-corrected chi connectivity index (χ4v) is 1.55. The lowest BCUT2D eigenvalue weighted by Gasteiger charge is -2.13. The SMILES string of the molecule is CC(C)[C@@H](N)C(=O)CCCc1cccnc1.Cl. The fraction of sp³-hybridized carbons (Fsp3) is 0.538. The molecule has 4 heteroatoms. The van der Waals surface area contributed by atoms with Gasteiger partial charge in [0.15, 0.2) is 0 Å². The highest BCUT2D eigenvalue weighted by atomic mass is 35.5. The molecular formula is C13H21ClN2O. The van der Waals surface area contributed by atoms with Gasteiger partial charge in [-0.05, 0) is 30.4 Å². The molecule has 1 heterocycles. The predicted octanol–water partition coefficient (Wildman–Crippen LogP) is 2.38. The third kappa shape index (κ3) is 5.80. The quantitative estimate of drug-likeness (QED) is 0.850. The van der Waals surface area contributed by atoms with E-state index in [0.29, 0.717) is 6.42 Å². The summed E-state index contributed by atoms with van der Waals surface area (Å²) in [6, 6.07) is 3.63. The van der Waals surface area contributed by atoms with Gasteiger partial charge in [-0.15, -0.1) is 12.4 Å². The molecule has 0 aliphatic rings. The Morgan fingerprint density at radius 1 is 1.47 bits per heavy atom. The second-order valence-corrected chi connectivity index (χ2v) is 4.45. The van der Waals surface area contributed by atoms with Gasteiger partial charge < -0.3 is 5.73 Å². The maximum atomic E-state index is 11.6. The zero-order valence-electron chi connectivity index (χ0n) is 10.4. The highest BCUT2D eigenvalue weighted by Crippen LogP contribution is 2.07. The normalized spacial score (nSPS) is 12.0. The molecule has 2 N–H and O–H groups in total. The van der Waals surface area contributed by atoms with Crippen LogP contribution in [0.5, 0.6) is 0 Å². The molecule has 0 bridgehead atoms. The number of pyridine rings is 1. The number of aromatic nitrogens is 1. The average molecular weight is 257 g/mol. The average Bonchev–Trinajstić information content (AvgIpc) is 2.29. The molecular weight excluding hydrogens is 236 g/mol. The number of aryl methyl sites for hydroxylation is 1. The molecule has 0 spiro atoms. The first-order valence-corrected chi connectivity index (χ1v) is 5.78. The molecule has 0 unspecified atom stereocenters. The number of carbonyl (C=O) groups is 1. The number of hydrogen-bond donors (Lipinski definition) is 1. The highest BCUT2D eigenvalue weighted by Gasteiger charge is 2.16. The van der Waals surface area contributed by atoms with Gasteiger partial charge in [0, 0.05) is 18.8 Å². The van der Waals surface area contributed by atoms with E-state index in [4.69, 9.17) is 5.73 Å². The van der Waals surface area contributed by atoms with Crippen LogP contribution in [-0.4, -0.2) is 16.8 Å². The van der Waals surface area contributed by atoms with E-state index in [2.05, 4.69) is 4.98 Å². The molecule has 1 atom stereocenters. The molecule has 0 amide bonds. The van der Waals surface area contributed by atoms with Crippen LogP contribution in [0.1, 0.15) is 32.3 Å². The fourth-order valence-electron chi connectivity index (χ4n) is 1.55. The van der Waals surface area contributed by atoms with Crippen molar-refractivity contribution in [1.29, 1.82) is 0 Å². The van der Waals surface area contributed by atoms with Gasteiger partial charge in [-0.25, -0.2) is 0 Å². The van der Waals surface area contributed by atoms with Crippen LogP contribution >= 0.6 is 12.4 Å². The molecule has 0 radical (unpaired) electrons. The molecule has 1 aromatic rings. The number of rotatable bonds is 6. The first-order chi connectivity index (χ1) is 7.61. The second-order valence-electron chi connectivity index (χ2n) is 4.45. The molecule has 96 valence electrons. The summed E-state index contributed by atoms with van der Waals surface area (Å²) >= 11 is 0. The van der Waals surface area contributed by atoms with Gasteiger partial charge in [-0.1, -0.05) is 19.9 Å². The van der Waals surface area contributed by atoms with Crippen LogP contribution in [-0.2, 0) is 11.2 Å². The lowest BCUT2D eigenvalue weighted by molar-refractivity contribution is -0.121. The summed E-state index contributed by atoms with van der Waals surface area (Å²) < 4.78 is 0. The van der Waals surface area contributed by atoms with E-state index in [-0.39, 0.29) is 30.2 Å². The lowest BCUT2D eigenvalue weighted by Crippen LogP contribution is -2.35. The van der Waals surface area contributed by atoms with E-state index >= 15 is 0 Å². The number of ketones is 1. The lowest BCUT2D eigenvalue weighted by atomic mass is 9.97. The largest absolute Gasteiger partial charge is 0.321 e. The number of halogens is 1. The van der Waals surface area contributed by atoms with Gasteiger partial charge in [0.1, 0.15) is 5.78 Å². The Hall–Kier alpha value is -0.930. The Kier molecular flexibility index (Phi) is 7.75. The maximum absolute atomic E-state index is 11.6. The monoisotopic (exact) mass is 256 g/mol. The van der Waals surface area contributed by atoms with Crippen molar-refractivity contribution >= 4 is 18.2 Å². The zero-order valence-corrected chi connectivity index (χ0v) is 11.2. The zero-order chi connectivity index (χ0) is 12.0. The van der Waals surface area contributed by atoms with Crippen LogP contribution in [0.4, 0.5) is 0 Å². The van der Waals surface area contributed by atoms with E-state index in [1.807, 2.05) is 32.2 Å². The summed E-state index contributed by atoms with van der Waals surface area (Å²) in [6.45, 7) is 3.95. The van der Waals surface area contributed by atoms with Crippen molar-refractivity contribution in [2.24, 2.45) is 11.7 Å².